The smallest absolute Gasteiger partial charge is 0.323 e. The van der Waals surface area contributed by atoms with Crippen LogP contribution in [0.4, 0.5) is 11.9 Å². The number of hydrogen-bond acceptors (Lipinski definition) is 7. The minimum atomic E-state index is -0.554. The first kappa shape index (κ1) is 15.9. The van der Waals surface area contributed by atoms with Gasteiger partial charge in [0, 0.05) is 6.54 Å². The molecule has 1 rings (SSSR count). The van der Waals surface area contributed by atoms with E-state index in [1.807, 2.05) is 27.7 Å². The summed E-state index contributed by atoms with van der Waals surface area (Å²) in [4.78, 5) is 23.8. The van der Waals surface area contributed by atoms with Crippen molar-refractivity contribution in [2.75, 3.05) is 23.8 Å². The van der Waals surface area contributed by atoms with Crippen LogP contribution in [0.1, 0.15) is 27.7 Å². The van der Waals surface area contributed by atoms with Crippen LogP contribution in [0.3, 0.4) is 0 Å². The third-order valence-corrected chi connectivity index (χ3v) is 2.48. The molecule has 1 amide bonds. The lowest BCUT2D eigenvalue weighted by atomic mass is 10.0. The molecule has 1 atom stereocenters. The van der Waals surface area contributed by atoms with Gasteiger partial charge in [-0.1, -0.05) is 13.8 Å². The minimum absolute atomic E-state index is 0.0161. The number of aromatic nitrogens is 3. The Morgan fingerprint density at radius 3 is 2.40 bits per heavy atom. The highest BCUT2D eigenvalue weighted by atomic mass is 16.5. The van der Waals surface area contributed by atoms with Crippen LogP contribution < -0.4 is 21.1 Å². The Hall–Kier alpha value is -2.12. The average molecular weight is 282 g/mol. The van der Waals surface area contributed by atoms with Gasteiger partial charge >= 0.3 is 6.01 Å². The zero-order valence-corrected chi connectivity index (χ0v) is 12.3. The van der Waals surface area contributed by atoms with Gasteiger partial charge in [-0.15, -0.1) is 0 Å². The van der Waals surface area contributed by atoms with Crippen LogP contribution in [-0.2, 0) is 4.79 Å². The molecule has 4 N–H and O–H groups in total. The zero-order valence-electron chi connectivity index (χ0n) is 12.3. The highest BCUT2D eigenvalue weighted by Crippen LogP contribution is 2.14. The summed E-state index contributed by atoms with van der Waals surface area (Å²) in [6.07, 6.45) is 0. The maximum atomic E-state index is 11.4. The fourth-order valence-electron chi connectivity index (χ4n) is 1.56. The number of primary amides is 1. The molecule has 0 fully saturated rings. The van der Waals surface area contributed by atoms with Gasteiger partial charge in [-0.05, 0) is 19.8 Å². The number of amides is 1. The van der Waals surface area contributed by atoms with Crippen molar-refractivity contribution in [3.8, 4) is 6.01 Å². The van der Waals surface area contributed by atoms with Crippen molar-refractivity contribution in [1.82, 2.24) is 15.0 Å². The Labute approximate surface area is 118 Å². The predicted molar refractivity (Wildman–Crippen MR) is 76.6 cm³/mol. The van der Waals surface area contributed by atoms with Gasteiger partial charge in [0.1, 0.15) is 6.04 Å². The quantitative estimate of drug-likeness (QED) is 0.640. The third-order valence-electron chi connectivity index (χ3n) is 2.48. The van der Waals surface area contributed by atoms with Crippen molar-refractivity contribution in [3.05, 3.63) is 0 Å². The van der Waals surface area contributed by atoms with Crippen LogP contribution in [0.15, 0.2) is 0 Å². The van der Waals surface area contributed by atoms with Crippen LogP contribution in [0.5, 0.6) is 6.01 Å². The molecule has 0 radical (unpaired) electrons. The predicted octanol–water partition coefficient (Wildman–Crippen LogP) is 0.624. The molecule has 0 aromatic carbocycles. The van der Waals surface area contributed by atoms with E-state index in [4.69, 9.17) is 10.5 Å². The first-order valence-electron chi connectivity index (χ1n) is 6.66. The molecular weight excluding hydrogens is 260 g/mol. The summed E-state index contributed by atoms with van der Waals surface area (Å²) < 4.78 is 5.28. The molecule has 0 saturated carbocycles. The molecule has 0 aliphatic carbocycles. The molecule has 0 aliphatic heterocycles. The van der Waals surface area contributed by atoms with Crippen molar-refractivity contribution < 1.29 is 9.53 Å². The van der Waals surface area contributed by atoms with Gasteiger partial charge in [0.25, 0.3) is 0 Å². The highest BCUT2D eigenvalue weighted by Gasteiger charge is 2.21. The van der Waals surface area contributed by atoms with Crippen molar-refractivity contribution in [2.45, 2.75) is 33.7 Å². The van der Waals surface area contributed by atoms with E-state index in [-0.39, 0.29) is 17.9 Å². The Kier molecular flexibility index (Phi) is 5.95. The number of hydrogen-bond donors (Lipinski definition) is 3. The van der Waals surface area contributed by atoms with E-state index in [0.29, 0.717) is 19.1 Å². The Morgan fingerprint density at radius 2 is 1.90 bits per heavy atom. The topological polar surface area (TPSA) is 115 Å². The van der Waals surface area contributed by atoms with Crippen molar-refractivity contribution in [2.24, 2.45) is 11.7 Å². The maximum absolute atomic E-state index is 11.4. The lowest BCUT2D eigenvalue weighted by molar-refractivity contribution is -0.119. The van der Waals surface area contributed by atoms with Crippen LogP contribution in [0, 0.1) is 5.92 Å². The van der Waals surface area contributed by atoms with Crippen LogP contribution >= 0.6 is 0 Å². The third kappa shape index (κ3) is 4.52. The molecule has 0 aliphatic rings. The second-order valence-corrected chi connectivity index (χ2v) is 4.50. The Balaban J connectivity index is 2.99. The summed E-state index contributed by atoms with van der Waals surface area (Å²) in [6, 6.07) is -0.353. The first-order chi connectivity index (χ1) is 9.47. The summed E-state index contributed by atoms with van der Waals surface area (Å²) >= 11 is 0. The highest BCUT2D eigenvalue weighted by molar-refractivity contribution is 5.82. The molecular formula is C12H22N6O2. The molecule has 20 heavy (non-hydrogen) atoms. The van der Waals surface area contributed by atoms with Gasteiger partial charge in [-0.3, -0.25) is 4.79 Å². The van der Waals surface area contributed by atoms with E-state index >= 15 is 0 Å². The summed E-state index contributed by atoms with van der Waals surface area (Å²) in [7, 11) is 0. The number of nitrogens with one attached hydrogen (secondary N) is 2. The lowest BCUT2D eigenvalue weighted by Crippen LogP contribution is -2.40. The normalized spacial score (nSPS) is 12.1. The summed E-state index contributed by atoms with van der Waals surface area (Å²) in [6.45, 7) is 8.65. The molecule has 0 bridgehead atoms. The number of anilines is 2. The molecule has 1 unspecified atom stereocenters. The van der Waals surface area contributed by atoms with Gasteiger partial charge in [0.2, 0.25) is 17.8 Å². The van der Waals surface area contributed by atoms with Gasteiger partial charge in [-0.25, -0.2) is 0 Å². The maximum Gasteiger partial charge on any atom is 0.323 e. The molecule has 0 spiro atoms. The fourth-order valence-corrected chi connectivity index (χ4v) is 1.56. The molecule has 8 heteroatoms. The van der Waals surface area contributed by atoms with Crippen LogP contribution in [0.25, 0.3) is 0 Å². The molecule has 1 heterocycles. The molecule has 112 valence electrons. The van der Waals surface area contributed by atoms with E-state index in [1.54, 1.807) is 0 Å². The Morgan fingerprint density at radius 1 is 1.25 bits per heavy atom. The number of rotatable bonds is 8. The van der Waals surface area contributed by atoms with E-state index < -0.39 is 11.9 Å². The minimum Gasteiger partial charge on any atom is -0.464 e. The average Bonchev–Trinajstić information content (AvgIpc) is 2.36. The standard InChI is InChI=1S/C12H22N6O2/c1-5-14-10-16-11(18-12(17-10)20-6-2)15-8(7(3)4)9(13)19/h7-8H,5-6H2,1-4H3,(H2,13,19)(H2,14,15,16,17,18). The van der Waals surface area contributed by atoms with Crippen molar-refractivity contribution in [1.29, 1.82) is 0 Å². The number of nitrogens with two attached hydrogens (primary N) is 1. The summed E-state index contributed by atoms with van der Waals surface area (Å²) in [5, 5.41) is 5.90. The number of carbonyl (C=O) groups excluding carboxylic acids is 1. The number of nitrogens with zero attached hydrogens (tertiary/aromatic N) is 3. The molecule has 1 aromatic heterocycles. The lowest BCUT2D eigenvalue weighted by Gasteiger charge is -2.19. The number of carbonyl (C=O) groups is 1. The monoisotopic (exact) mass is 282 g/mol. The van der Waals surface area contributed by atoms with Crippen LogP contribution in [-0.4, -0.2) is 40.1 Å². The van der Waals surface area contributed by atoms with Crippen molar-refractivity contribution >= 4 is 17.8 Å². The Bertz CT molecular complexity index is 427. The SMILES string of the molecule is CCNc1nc(NC(C(N)=O)C(C)C)nc(OCC)n1. The summed E-state index contributed by atoms with van der Waals surface area (Å²) in [5.41, 5.74) is 5.36. The van der Waals surface area contributed by atoms with Gasteiger partial charge in [0.15, 0.2) is 0 Å². The second kappa shape index (κ2) is 7.46. The van der Waals surface area contributed by atoms with E-state index in [0.717, 1.165) is 0 Å². The largest absolute Gasteiger partial charge is 0.464 e. The second-order valence-electron chi connectivity index (χ2n) is 4.50. The van der Waals surface area contributed by atoms with Gasteiger partial charge in [0.05, 0.1) is 6.61 Å². The first-order valence-corrected chi connectivity index (χ1v) is 6.66. The van der Waals surface area contributed by atoms with Crippen LogP contribution in [0.2, 0.25) is 0 Å². The van der Waals surface area contributed by atoms with E-state index in [9.17, 15) is 4.79 Å². The van der Waals surface area contributed by atoms with Gasteiger partial charge < -0.3 is 21.1 Å². The van der Waals surface area contributed by atoms with E-state index in [1.165, 1.54) is 0 Å². The molecule has 1 aromatic rings. The zero-order chi connectivity index (χ0) is 15.1. The molecule has 8 nitrogen and oxygen atoms in total. The molecule has 0 saturated heterocycles. The van der Waals surface area contributed by atoms with Gasteiger partial charge in [-0.2, -0.15) is 15.0 Å². The number of ether oxygens (including phenoxy) is 1. The van der Waals surface area contributed by atoms with E-state index in [2.05, 4.69) is 25.6 Å². The van der Waals surface area contributed by atoms with Crippen molar-refractivity contribution in [3.63, 3.8) is 0 Å². The fraction of sp³-hybridized carbons (Fsp3) is 0.667. The summed E-state index contributed by atoms with van der Waals surface area (Å²) in [5.74, 6) is 0.211.